The molecule has 152 valence electrons. The maximum Gasteiger partial charge on any atom is 0.326 e. The third-order valence-corrected chi connectivity index (χ3v) is 4.11. The molecule has 12 nitrogen and oxygen atoms in total. The summed E-state index contributed by atoms with van der Waals surface area (Å²) in [4.78, 5) is 51.8. The maximum absolute atomic E-state index is 12.5. The summed E-state index contributed by atoms with van der Waals surface area (Å²) >= 11 is 0. The molecule has 1 saturated heterocycles. The van der Waals surface area contributed by atoms with E-state index < -0.39 is 48.3 Å². The van der Waals surface area contributed by atoms with Gasteiger partial charge in [0, 0.05) is 13.1 Å². The van der Waals surface area contributed by atoms with Crippen LogP contribution < -0.4 is 22.5 Å². The zero-order chi connectivity index (χ0) is 20.6. The van der Waals surface area contributed by atoms with Gasteiger partial charge in [0.25, 0.3) is 0 Å². The predicted octanol–water partition coefficient (Wildman–Crippen LogP) is -2.60. The molecule has 1 rings (SSSR count). The van der Waals surface area contributed by atoms with Crippen LogP contribution in [0.2, 0.25) is 0 Å². The Morgan fingerprint density at radius 2 is 1.89 bits per heavy atom. The highest BCUT2D eigenvalue weighted by atomic mass is 16.4. The summed E-state index contributed by atoms with van der Waals surface area (Å²) in [6, 6.07) is -3.29. The molecule has 1 aliphatic rings. The number of hydrogen-bond donors (Lipinski definition) is 6. The van der Waals surface area contributed by atoms with Crippen molar-refractivity contribution < 1.29 is 29.4 Å². The van der Waals surface area contributed by atoms with E-state index in [1.807, 2.05) is 0 Å². The van der Waals surface area contributed by atoms with Gasteiger partial charge in [0.05, 0.1) is 12.5 Å². The quantitative estimate of drug-likeness (QED) is 0.132. The van der Waals surface area contributed by atoms with E-state index in [2.05, 4.69) is 10.3 Å². The SMILES string of the molecule is NC(N)=NCCCC(NC(=O)C1CCCN1C(=O)C(N)CC(=O)O)C(=O)O. The van der Waals surface area contributed by atoms with Crippen LogP contribution in [-0.4, -0.2) is 76.0 Å². The first-order valence-electron chi connectivity index (χ1n) is 8.50. The van der Waals surface area contributed by atoms with Crippen LogP contribution >= 0.6 is 0 Å². The summed E-state index contributed by atoms with van der Waals surface area (Å²) in [5.74, 6) is -3.80. The molecule has 27 heavy (non-hydrogen) atoms. The van der Waals surface area contributed by atoms with E-state index in [9.17, 15) is 24.3 Å². The number of aliphatic carboxylic acids is 2. The van der Waals surface area contributed by atoms with E-state index in [4.69, 9.17) is 22.3 Å². The lowest BCUT2D eigenvalue weighted by molar-refractivity contribution is -0.146. The van der Waals surface area contributed by atoms with Crippen molar-refractivity contribution in [3.63, 3.8) is 0 Å². The number of nitrogens with two attached hydrogens (primary N) is 3. The van der Waals surface area contributed by atoms with E-state index in [0.29, 0.717) is 19.3 Å². The molecular formula is C15H26N6O6. The van der Waals surface area contributed by atoms with E-state index in [0.717, 1.165) is 0 Å². The third-order valence-electron chi connectivity index (χ3n) is 4.11. The van der Waals surface area contributed by atoms with Crippen LogP contribution in [0.25, 0.3) is 0 Å². The highest BCUT2D eigenvalue weighted by molar-refractivity contribution is 5.93. The fourth-order valence-corrected chi connectivity index (χ4v) is 2.82. The summed E-state index contributed by atoms with van der Waals surface area (Å²) in [7, 11) is 0. The van der Waals surface area contributed by atoms with Gasteiger partial charge >= 0.3 is 11.9 Å². The number of nitrogens with zero attached hydrogens (tertiary/aromatic N) is 2. The summed E-state index contributed by atoms with van der Waals surface area (Å²) < 4.78 is 0. The van der Waals surface area contributed by atoms with Crippen molar-refractivity contribution in [1.82, 2.24) is 10.2 Å². The number of carbonyl (C=O) groups is 4. The van der Waals surface area contributed by atoms with Crippen molar-refractivity contribution >= 4 is 29.7 Å². The van der Waals surface area contributed by atoms with Crippen LogP contribution in [0.3, 0.4) is 0 Å². The number of carboxylic acid groups (broad SMARTS) is 2. The number of rotatable bonds is 10. The van der Waals surface area contributed by atoms with Crippen molar-refractivity contribution in [3.8, 4) is 0 Å². The van der Waals surface area contributed by atoms with Gasteiger partial charge < -0.3 is 37.6 Å². The van der Waals surface area contributed by atoms with Gasteiger partial charge in [-0.25, -0.2) is 4.79 Å². The van der Waals surface area contributed by atoms with Crippen molar-refractivity contribution in [1.29, 1.82) is 0 Å². The number of guanidine groups is 1. The smallest absolute Gasteiger partial charge is 0.326 e. The van der Waals surface area contributed by atoms with Gasteiger partial charge in [0.2, 0.25) is 11.8 Å². The van der Waals surface area contributed by atoms with Crippen LogP contribution in [0.5, 0.6) is 0 Å². The number of amides is 2. The van der Waals surface area contributed by atoms with Crippen molar-refractivity contribution in [2.45, 2.75) is 50.2 Å². The molecule has 0 aromatic heterocycles. The van der Waals surface area contributed by atoms with Crippen LogP contribution in [0.4, 0.5) is 0 Å². The second kappa shape index (κ2) is 10.3. The second-order valence-corrected chi connectivity index (χ2v) is 6.24. The minimum Gasteiger partial charge on any atom is -0.481 e. The van der Waals surface area contributed by atoms with Crippen LogP contribution in [-0.2, 0) is 19.2 Å². The third kappa shape index (κ3) is 7.09. The molecule has 12 heteroatoms. The van der Waals surface area contributed by atoms with Gasteiger partial charge in [-0.2, -0.15) is 0 Å². The lowest BCUT2D eigenvalue weighted by Crippen LogP contribution is -2.54. The molecule has 1 aliphatic heterocycles. The van der Waals surface area contributed by atoms with Gasteiger partial charge in [-0.3, -0.25) is 19.4 Å². The highest BCUT2D eigenvalue weighted by Crippen LogP contribution is 2.19. The number of carboxylic acids is 2. The first kappa shape index (κ1) is 22.2. The number of likely N-dealkylation sites (tertiary alicyclic amines) is 1. The first-order valence-corrected chi connectivity index (χ1v) is 8.50. The Bertz CT molecular complexity index is 606. The lowest BCUT2D eigenvalue weighted by Gasteiger charge is -2.27. The minimum absolute atomic E-state index is 0.108. The normalized spacial score (nSPS) is 18.4. The molecule has 3 atom stereocenters. The Balaban J connectivity index is 2.68. The van der Waals surface area contributed by atoms with Crippen molar-refractivity contribution in [2.24, 2.45) is 22.2 Å². The van der Waals surface area contributed by atoms with Crippen molar-refractivity contribution in [2.75, 3.05) is 13.1 Å². The molecule has 0 aliphatic carbocycles. The Hall–Kier alpha value is -2.89. The lowest BCUT2D eigenvalue weighted by atomic mass is 10.1. The Morgan fingerprint density at radius 3 is 2.44 bits per heavy atom. The number of hydrogen-bond acceptors (Lipinski definition) is 6. The fourth-order valence-electron chi connectivity index (χ4n) is 2.82. The van der Waals surface area contributed by atoms with Gasteiger partial charge in [-0.05, 0) is 25.7 Å². The second-order valence-electron chi connectivity index (χ2n) is 6.24. The van der Waals surface area contributed by atoms with E-state index in [-0.39, 0.29) is 25.5 Å². The number of nitrogens with one attached hydrogen (secondary N) is 1. The van der Waals surface area contributed by atoms with Crippen LogP contribution in [0.1, 0.15) is 32.1 Å². The van der Waals surface area contributed by atoms with E-state index in [1.54, 1.807) is 0 Å². The molecule has 2 amide bonds. The van der Waals surface area contributed by atoms with Crippen LogP contribution in [0.15, 0.2) is 4.99 Å². The van der Waals surface area contributed by atoms with Crippen LogP contribution in [0, 0.1) is 0 Å². The van der Waals surface area contributed by atoms with Gasteiger partial charge in [0.15, 0.2) is 5.96 Å². The Morgan fingerprint density at radius 1 is 1.22 bits per heavy atom. The molecular weight excluding hydrogens is 360 g/mol. The topological polar surface area (TPSA) is 214 Å². The summed E-state index contributed by atoms with van der Waals surface area (Å²) in [5.41, 5.74) is 16.0. The Kier molecular flexibility index (Phi) is 8.45. The molecule has 0 spiro atoms. The molecule has 0 aromatic rings. The monoisotopic (exact) mass is 386 g/mol. The molecule has 0 saturated carbocycles. The summed E-state index contributed by atoms with van der Waals surface area (Å²) in [6.45, 7) is 0.479. The van der Waals surface area contributed by atoms with Gasteiger partial charge in [0.1, 0.15) is 12.1 Å². The predicted molar refractivity (Wildman–Crippen MR) is 94.4 cm³/mol. The zero-order valence-corrected chi connectivity index (χ0v) is 14.8. The average Bonchev–Trinajstić information content (AvgIpc) is 3.05. The Labute approximate surface area is 155 Å². The van der Waals surface area contributed by atoms with Crippen molar-refractivity contribution in [3.05, 3.63) is 0 Å². The highest BCUT2D eigenvalue weighted by Gasteiger charge is 2.37. The standard InChI is InChI=1S/C15H26N6O6/c16-8(7-11(22)23)13(25)21-6-2-4-10(21)12(24)20-9(14(26)27)3-1-5-19-15(17)18/h8-10H,1-7,16H2,(H,20,24)(H,22,23)(H,26,27)(H4,17,18,19). The van der Waals surface area contributed by atoms with E-state index >= 15 is 0 Å². The molecule has 0 aromatic carbocycles. The summed E-state index contributed by atoms with van der Waals surface area (Å²) in [5, 5.41) is 20.4. The molecule has 9 N–H and O–H groups in total. The van der Waals surface area contributed by atoms with Gasteiger partial charge in [-0.15, -0.1) is 0 Å². The van der Waals surface area contributed by atoms with Gasteiger partial charge in [-0.1, -0.05) is 0 Å². The molecule has 1 fully saturated rings. The molecule has 3 unspecified atom stereocenters. The average molecular weight is 386 g/mol. The number of carbonyl (C=O) groups excluding carboxylic acids is 2. The first-order chi connectivity index (χ1) is 12.6. The maximum atomic E-state index is 12.5. The minimum atomic E-state index is -1.26. The number of aliphatic imine (C=N–C) groups is 1. The molecule has 1 heterocycles. The van der Waals surface area contributed by atoms with E-state index in [1.165, 1.54) is 4.90 Å². The largest absolute Gasteiger partial charge is 0.481 e. The molecule has 0 radical (unpaired) electrons. The zero-order valence-electron chi connectivity index (χ0n) is 14.8. The fraction of sp³-hybridized carbons (Fsp3) is 0.667. The summed E-state index contributed by atoms with van der Waals surface area (Å²) in [6.07, 6.45) is 0.777. The molecule has 0 bridgehead atoms.